The van der Waals surface area contributed by atoms with Crippen LogP contribution in [0.15, 0.2) is 18.2 Å². The number of benzene rings is 1. The lowest BCUT2D eigenvalue weighted by molar-refractivity contribution is -0.174. The fourth-order valence-corrected chi connectivity index (χ4v) is 3.58. The van der Waals surface area contributed by atoms with Crippen LogP contribution >= 0.6 is 23.2 Å². The predicted molar refractivity (Wildman–Crippen MR) is 121 cm³/mol. The highest BCUT2D eigenvalue weighted by molar-refractivity contribution is 6.48. The molecule has 34 heavy (non-hydrogen) atoms. The molecule has 0 bridgehead atoms. The quantitative estimate of drug-likeness (QED) is 0.319. The fourth-order valence-electron chi connectivity index (χ4n) is 3.21. The maximum Gasteiger partial charge on any atom is 0.528 e. The number of nitrogens with one attached hydrogen (secondary N) is 2. The van der Waals surface area contributed by atoms with Gasteiger partial charge in [0.1, 0.15) is 0 Å². The lowest BCUT2D eigenvalue weighted by Crippen LogP contribution is -2.54. The summed E-state index contributed by atoms with van der Waals surface area (Å²) in [7, 11) is -1.23. The number of rotatable bonds is 11. The van der Waals surface area contributed by atoms with Crippen molar-refractivity contribution in [3.63, 3.8) is 0 Å². The molecule has 1 fully saturated rings. The van der Waals surface area contributed by atoms with E-state index >= 15 is 0 Å². The van der Waals surface area contributed by atoms with Crippen LogP contribution in [-0.4, -0.2) is 65.7 Å². The van der Waals surface area contributed by atoms with Gasteiger partial charge in [-0.1, -0.05) is 30.1 Å². The summed E-state index contributed by atoms with van der Waals surface area (Å²) in [5.41, 5.74) is -2.05. The molecule has 0 aliphatic carbocycles. The summed E-state index contributed by atoms with van der Waals surface area (Å²) in [6.07, 6.45) is -1.12. The molecule has 14 heteroatoms. The summed E-state index contributed by atoms with van der Waals surface area (Å²) in [6, 6.07) is 4.38. The first-order valence-electron chi connectivity index (χ1n) is 10.2. The molecule has 1 aliphatic heterocycles. The van der Waals surface area contributed by atoms with E-state index in [0.29, 0.717) is 11.4 Å². The third-order valence-corrected chi connectivity index (χ3v) is 5.57. The van der Waals surface area contributed by atoms with Gasteiger partial charge in [0.2, 0.25) is 5.91 Å². The van der Waals surface area contributed by atoms with Crippen LogP contribution in [-0.2, 0) is 28.5 Å². The molecule has 1 aromatic carbocycles. The molecule has 184 valence electrons. The van der Waals surface area contributed by atoms with Crippen LogP contribution in [0.1, 0.15) is 36.5 Å². The van der Waals surface area contributed by atoms with Crippen molar-refractivity contribution in [1.82, 2.24) is 10.6 Å². The lowest BCUT2D eigenvalue weighted by atomic mass is 9.76. The molecule has 2 unspecified atom stereocenters. The Hall–Kier alpha value is -2.83. The van der Waals surface area contributed by atoms with E-state index in [2.05, 4.69) is 10.6 Å². The fraction of sp³-hybridized carbons (Fsp3) is 0.450. The molecule has 1 heterocycles. The number of carbonyl (C=O) groups is 5. The van der Waals surface area contributed by atoms with Gasteiger partial charge in [-0.25, -0.2) is 4.79 Å². The van der Waals surface area contributed by atoms with Crippen LogP contribution in [0.25, 0.3) is 0 Å². The summed E-state index contributed by atoms with van der Waals surface area (Å²) in [5.74, 6) is -4.99. The number of halogens is 2. The van der Waals surface area contributed by atoms with Gasteiger partial charge in [-0.2, -0.15) is 0 Å². The Morgan fingerprint density at radius 3 is 2.56 bits per heavy atom. The zero-order valence-electron chi connectivity index (χ0n) is 18.1. The molecule has 0 spiro atoms. The molecule has 0 aromatic heterocycles. The number of hydrogen-bond acceptors (Lipinski definition) is 7. The maximum absolute atomic E-state index is 12.2. The van der Waals surface area contributed by atoms with E-state index in [1.807, 2.05) is 0 Å². The SMILES string of the molecule is CC(CCB1OC(=O)CC(CC(=O)O)(C(=O)O)O1)CNC(=O)CNC(=O)c1cc(Cl)ccc1Cl. The number of carboxylic acid groups (broad SMARTS) is 2. The van der Waals surface area contributed by atoms with Crippen LogP contribution < -0.4 is 10.6 Å². The Kier molecular flexibility index (Phi) is 9.71. The molecule has 2 amide bonds. The van der Waals surface area contributed by atoms with Gasteiger partial charge >= 0.3 is 19.1 Å². The topological polar surface area (TPSA) is 168 Å². The van der Waals surface area contributed by atoms with Crippen molar-refractivity contribution < 1.29 is 43.5 Å². The van der Waals surface area contributed by atoms with Gasteiger partial charge in [-0.3, -0.25) is 19.2 Å². The Morgan fingerprint density at radius 2 is 1.91 bits per heavy atom. The Bertz CT molecular complexity index is 973. The maximum atomic E-state index is 12.2. The van der Waals surface area contributed by atoms with Crippen molar-refractivity contribution in [2.75, 3.05) is 13.1 Å². The zero-order chi connectivity index (χ0) is 25.5. The van der Waals surface area contributed by atoms with Gasteiger partial charge in [0.05, 0.1) is 30.0 Å². The van der Waals surface area contributed by atoms with Crippen molar-refractivity contribution >= 4 is 60.0 Å². The molecule has 1 saturated heterocycles. The summed E-state index contributed by atoms with van der Waals surface area (Å²) in [5, 5.41) is 24.0. The Balaban J connectivity index is 1.78. The Labute approximate surface area is 205 Å². The van der Waals surface area contributed by atoms with Crippen molar-refractivity contribution in [2.24, 2.45) is 5.92 Å². The number of amides is 2. The third-order valence-electron chi connectivity index (χ3n) is 5.00. The summed E-state index contributed by atoms with van der Waals surface area (Å²) >= 11 is 11.8. The van der Waals surface area contributed by atoms with Gasteiger partial charge in [-0.05, 0) is 36.9 Å². The lowest BCUT2D eigenvalue weighted by Gasteiger charge is -2.35. The van der Waals surface area contributed by atoms with Crippen LogP contribution in [0, 0.1) is 5.92 Å². The normalized spacial score (nSPS) is 18.6. The van der Waals surface area contributed by atoms with Gasteiger partial charge in [0.25, 0.3) is 11.9 Å². The largest absolute Gasteiger partial charge is 0.528 e. The Morgan fingerprint density at radius 1 is 1.21 bits per heavy atom. The van der Waals surface area contributed by atoms with Crippen LogP contribution in [0.5, 0.6) is 0 Å². The molecule has 1 aromatic rings. The average Bonchev–Trinajstić information content (AvgIpc) is 2.75. The second kappa shape index (κ2) is 12.0. The van der Waals surface area contributed by atoms with E-state index in [-0.39, 0.29) is 35.9 Å². The van der Waals surface area contributed by atoms with Gasteiger partial charge < -0.3 is 30.2 Å². The minimum Gasteiger partial charge on any atom is -0.509 e. The average molecular weight is 517 g/mol. The predicted octanol–water partition coefficient (Wildman–Crippen LogP) is 1.62. The zero-order valence-corrected chi connectivity index (χ0v) is 19.6. The van der Waals surface area contributed by atoms with Crippen LogP contribution in [0.2, 0.25) is 16.4 Å². The van der Waals surface area contributed by atoms with E-state index in [1.54, 1.807) is 6.92 Å². The minimum atomic E-state index is -2.19. The van der Waals surface area contributed by atoms with Crippen molar-refractivity contribution in [3.8, 4) is 0 Å². The molecule has 0 radical (unpaired) electrons. The second-order valence-corrected chi connectivity index (χ2v) is 8.72. The monoisotopic (exact) mass is 516 g/mol. The highest BCUT2D eigenvalue weighted by atomic mass is 35.5. The van der Waals surface area contributed by atoms with E-state index < -0.39 is 55.3 Å². The molecule has 4 N–H and O–H groups in total. The van der Waals surface area contributed by atoms with Crippen molar-refractivity contribution in [1.29, 1.82) is 0 Å². The van der Waals surface area contributed by atoms with E-state index in [1.165, 1.54) is 18.2 Å². The van der Waals surface area contributed by atoms with E-state index in [9.17, 15) is 29.1 Å². The van der Waals surface area contributed by atoms with Crippen molar-refractivity contribution in [3.05, 3.63) is 33.8 Å². The standard InChI is InChI=1S/C20H23BCl2N2O9/c1-11(4-5-21-33-17(29)8-20(34-21,19(31)32)7-16(27)28)9-24-15(26)10-25-18(30)13-6-12(22)2-3-14(13)23/h2-3,6,11H,4-5,7-10H2,1H3,(H,24,26)(H,25,30)(H,27,28)(H,31,32). The molecule has 1 aliphatic rings. The minimum absolute atomic E-state index is 0.0986. The van der Waals surface area contributed by atoms with Crippen LogP contribution in [0.3, 0.4) is 0 Å². The summed E-state index contributed by atoms with van der Waals surface area (Å²) in [4.78, 5) is 58.7. The summed E-state index contributed by atoms with van der Waals surface area (Å²) < 4.78 is 10.3. The van der Waals surface area contributed by atoms with Gasteiger partial charge in [0.15, 0.2) is 5.60 Å². The molecular formula is C20H23BCl2N2O9. The second-order valence-electron chi connectivity index (χ2n) is 7.88. The molecular weight excluding hydrogens is 494 g/mol. The van der Waals surface area contributed by atoms with E-state index in [4.69, 9.17) is 37.6 Å². The number of carboxylic acids is 2. The molecule has 2 atom stereocenters. The smallest absolute Gasteiger partial charge is 0.509 e. The first kappa shape index (κ1) is 27.4. The molecule has 11 nitrogen and oxygen atoms in total. The highest BCUT2D eigenvalue weighted by Crippen LogP contribution is 2.30. The van der Waals surface area contributed by atoms with Crippen molar-refractivity contribution in [2.45, 2.75) is 38.1 Å². The summed E-state index contributed by atoms with van der Waals surface area (Å²) in [6.45, 7) is 1.71. The number of carbonyl (C=O) groups excluding carboxylic acids is 3. The van der Waals surface area contributed by atoms with Gasteiger partial charge in [-0.15, -0.1) is 0 Å². The molecule has 2 rings (SSSR count). The third kappa shape index (κ3) is 7.89. The van der Waals surface area contributed by atoms with Gasteiger partial charge in [0, 0.05) is 11.6 Å². The first-order chi connectivity index (χ1) is 15.9. The highest BCUT2D eigenvalue weighted by Gasteiger charge is 2.51. The number of hydrogen-bond donors (Lipinski definition) is 4. The first-order valence-corrected chi connectivity index (χ1v) is 11.0. The van der Waals surface area contributed by atoms with Crippen LogP contribution in [0.4, 0.5) is 0 Å². The van der Waals surface area contributed by atoms with E-state index in [0.717, 1.165) is 0 Å². The number of aliphatic carboxylic acids is 2. The molecule has 0 saturated carbocycles.